The Hall–Kier alpha value is -3.52. The lowest BCUT2D eigenvalue weighted by molar-refractivity contribution is 0.102. The second-order valence-corrected chi connectivity index (χ2v) is 8.87. The Bertz CT molecular complexity index is 1470. The van der Waals surface area contributed by atoms with Crippen LogP contribution in [-0.4, -0.2) is 30.6 Å². The number of H-pyrrole nitrogens is 1. The highest BCUT2D eigenvalue weighted by molar-refractivity contribution is 7.14. The highest BCUT2D eigenvalue weighted by Crippen LogP contribution is 2.40. The van der Waals surface area contributed by atoms with Crippen LogP contribution in [0.4, 0.5) is 5.13 Å². The van der Waals surface area contributed by atoms with Crippen LogP contribution < -0.4 is 5.32 Å². The molecule has 1 amide bonds. The van der Waals surface area contributed by atoms with Gasteiger partial charge in [-0.2, -0.15) is 5.10 Å². The first-order valence-electron chi connectivity index (χ1n) is 10.3. The first kappa shape index (κ1) is 18.3. The van der Waals surface area contributed by atoms with Crippen molar-refractivity contribution in [2.45, 2.75) is 25.7 Å². The van der Waals surface area contributed by atoms with Crippen molar-refractivity contribution in [3.63, 3.8) is 0 Å². The zero-order valence-electron chi connectivity index (χ0n) is 17.1. The predicted molar refractivity (Wildman–Crippen MR) is 123 cm³/mol. The van der Waals surface area contributed by atoms with Crippen LogP contribution in [0.25, 0.3) is 33.2 Å². The molecule has 1 aliphatic rings. The van der Waals surface area contributed by atoms with Gasteiger partial charge in [0, 0.05) is 46.7 Å². The number of anilines is 1. The first-order valence-corrected chi connectivity index (χ1v) is 11.1. The zero-order chi connectivity index (χ0) is 21.1. The van der Waals surface area contributed by atoms with Gasteiger partial charge in [0.15, 0.2) is 10.8 Å². The van der Waals surface area contributed by atoms with Gasteiger partial charge in [0.1, 0.15) is 0 Å². The summed E-state index contributed by atoms with van der Waals surface area (Å²) in [6.45, 7) is 1.91. The molecule has 0 radical (unpaired) electrons. The standard InChI is InChI=1S/C23H20N6OS/c1-12-20-15(9-18(13-7-8-13)25-21(20)29(2)28-12)22(30)27-23-26-19(11-31-23)16-10-24-17-6-4-3-5-14(16)17/h3-6,9-11,13,24H,7-8H2,1-2H3,(H,26,27,30). The Kier molecular flexibility index (Phi) is 3.97. The molecular formula is C23H20N6OS. The number of hydrogen-bond acceptors (Lipinski definition) is 5. The number of fused-ring (bicyclic) bond motifs is 2. The van der Waals surface area contributed by atoms with Crippen molar-refractivity contribution in [2.24, 2.45) is 7.05 Å². The number of rotatable bonds is 4. The molecule has 0 unspecified atom stereocenters. The topological polar surface area (TPSA) is 88.5 Å². The van der Waals surface area contributed by atoms with E-state index in [1.165, 1.54) is 11.3 Å². The second kappa shape index (κ2) is 6.75. The summed E-state index contributed by atoms with van der Waals surface area (Å²) in [5.41, 5.74) is 6.07. The molecular weight excluding hydrogens is 408 g/mol. The molecule has 0 aliphatic heterocycles. The van der Waals surface area contributed by atoms with Gasteiger partial charge >= 0.3 is 0 Å². The lowest BCUT2D eigenvalue weighted by Crippen LogP contribution is -2.13. The van der Waals surface area contributed by atoms with Crippen LogP contribution >= 0.6 is 11.3 Å². The molecule has 1 aliphatic carbocycles. The Morgan fingerprint density at radius 1 is 1.26 bits per heavy atom. The van der Waals surface area contributed by atoms with Gasteiger partial charge in [0.05, 0.1) is 22.3 Å². The van der Waals surface area contributed by atoms with Crippen molar-refractivity contribution in [1.82, 2.24) is 24.7 Å². The van der Waals surface area contributed by atoms with E-state index in [0.717, 1.165) is 57.4 Å². The molecule has 2 N–H and O–H groups in total. The summed E-state index contributed by atoms with van der Waals surface area (Å²) in [6.07, 6.45) is 4.20. The van der Waals surface area contributed by atoms with E-state index >= 15 is 0 Å². The predicted octanol–water partition coefficient (Wildman–Crippen LogP) is 5.01. The Morgan fingerprint density at radius 2 is 2.10 bits per heavy atom. The fourth-order valence-corrected chi connectivity index (χ4v) is 4.84. The van der Waals surface area contributed by atoms with Crippen molar-refractivity contribution in [1.29, 1.82) is 0 Å². The second-order valence-electron chi connectivity index (χ2n) is 8.02. The fraction of sp³-hybridized carbons (Fsp3) is 0.217. The van der Waals surface area contributed by atoms with E-state index in [1.807, 2.05) is 49.8 Å². The number of pyridine rings is 1. The number of nitrogens with zero attached hydrogens (tertiary/aromatic N) is 4. The van der Waals surface area contributed by atoms with Gasteiger partial charge in [-0.3, -0.25) is 14.8 Å². The van der Waals surface area contributed by atoms with Crippen LogP contribution in [0.15, 0.2) is 41.9 Å². The molecule has 4 aromatic heterocycles. The minimum absolute atomic E-state index is 0.176. The summed E-state index contributed by atoms with van der Waals surface area (Å²) < 4.78 is 1.76. The van der Waals surface area contributed by atoms with E-state index in [-0.39, 0.29) is 5.91 Å². The third-order valence-corrected chi connectivity index (χ3v) is 6.58. The molecule has 31 heavy (non-hydrogen) atoms. The lowest BCUT2D eigenvalue weighted by Gasteiger charge is -2.07. The molecule has 0 saturated heterocycles. The van der Waals surface area contributed by atoms with Crippen molar-refractivity contribution < 1.29 is 4.79 Å². The normalized spacial score (nSPS) is 13.9. The molecule has 1 fully saturated rings. The molecule has 0 atom stereocenters. The summed E-state index contributed by atoms with van der Waals surface area (Å²) >= 11 is 1.42. The van der Waals surface area contributed by atoms with Gasteiger partial charge in [-0.05, 0) is 31.9 Å². The number of amides is 1. The monoisotopic (exact) mass is 428 g/mol. The summed E-state index contributed by atoms with van der Waals surface area (Å²) in [4.78, 5) is 26.0. The number of carbonyl (C=O) groups is 1. The van der Waals surface area contributed by atoms with E-state index in [4.69, 9.17) is 4.98 Å². The number of benzene rings is 1. The smallest absolute Gasteiger partial charge is 0.258 e. The maximum absolute atomic E-state index is 13.3. The summed E-state index contributed by atoms with van der Waals surface area (Å²) in [6, 6.07) is 10.0. The third-order valence-electron chi connectivity index (χ3n) is 5.82. The van der Waals surface area contributed by atoms with E-state index in [0.29, 0.717) is 16.6 Å². The number of aryl methyl sites for hydroxylation is 2. The van der Waals surface area contributed by atoms with Gasteiger partial charge in [0.25, 0.3) is 5.91 Å². The molecule has 0 bridgehead atoms. The van der Waals surface area contributed by atoms with Crippen LogP contribution in [0.1, 0.15) is 40.5 Å². The number of nitrogens with one attached hydrogen (secondary N) is 2. The Morgan fingerprint density at radius 3 is 2.94 bits per heavy atom. The van der Waals surface area contributed by atoms with Crippen LogP contribution in [0.3, 0.4) is 0 Å². The quantitative estimate of drug-likeness (QED) is 0.421. The number of thiazole rings is 1. The minimum atomic E-state index is -0.176. The van der Waals surface area contributed by atoms with E-state index < -0.39 is 0 Å². The van der Waals surface area contributed by atoms with Crippen molar-refractivity contribution in [3.05, 3.63) is 58.9 Å². The highest BCUT2D eigenvalue weighted by atomic mass is 32.1. The molecule has 6 rings (SSSR count). The molecule has 1 aromatic carbocycles. The average molecular weight is 429 g/mol. The van der Waals surface area contributed by atoms with Crippen LogP contribution in [0.2, 0.25) is 0 Å². The average Bonchev–Trinajstić information content (AvgIpc) is 3.26. The van der Waals surface area contributed by atoms with Crippen LogP contribution in [0.5, 0.6) is 0 Å². The maximum Gasteiger partial charge on any atom is 0.258 e. The summed E-state index contributed by atoms with van der Waals surface area (Å²) in [5.74, 6) is 0.268. The fourth-order valence-electron chi connectivity index (χ4n) is 4.13. The molecule has 4 heterocycles. The minimum Gasteiger partial charge on any atom is -0.360 e. The number of aromatic amines is 1. The zero-order valence-corrected chi connectivity index (χ0v) is 18.0. The van der Waals surface area contributed by atoms with E-state index in [9.17, 15) is 4.79 Å². The molecule has 154 valence electrons. The number of para-hydroxylation sites is 1. The lowest BCUT2D eigenvalue weighted by atomic mass is 10.1. The SMILES string of the molecule is Cc1nn(C)c2nc(C3CC3)cc(C(=O)Nc3nc(-c4c[nH]c5ccccc45)cs3)c12. The van der Waals surface area contributed by atoms with Gasteiger partial charge in [0.2, 0.25) is 0 Å². The van der Waals surface area contributed by atoms with Crippen molar-refractivity contribution in [3.8, 4) is 11.3 Å². The number of hydrogen-bond donors (Lipinski definition) is 2. The molecule has 8 heteroatoms. The number of carbonyl (C=O) groups excluding carboxylic acids is 1. The van der Waals surface area contributed by atoms with E-state index in [1.54, 1.807) is 4.68 Å². The van der Waals surface area contributed by atoms with Gasteiger partial charge < -0.3 is 4.98 Å². The van der Waals surface area contributed by atoms with Gasteiger partial charge in [-0.1, -0.05) is 18.2 Å². The largest absolute Gasteiger partial charge is 0.360 e. The maximum atomic E-state index is 13.3. The molecule has 7 nitrogen and oxygen atoms in total. The van der Waals surface area contributed by atoms with Gasteiger partial charge in [-0.25, -0.2) is 9.97 Å². The summed E-state index contributed by atoms with van der Waals surface area (Å²) in [5, 5.41) is 11.9. The van der Waals surface area contributed by atoms with Crippen LogP contribution in [0, 0.1) is 6.92 Å². The van der Waals surface area contributed by atoms with Gasteiger partial charge in [-0.15, -0.1) is 11.3 Å². The molecule has 5 aromatic rings. The van der Waals surface area contributed by atoms with Crippen molar-refractivity contribution in [2.75, 3.05) is 5.32 Å². The molecule has 1 saturated carbocycles. The highest BCUT2D eigenvalue weighted by Gasteiger charge is 2.28. The number of aromatic nitrogens is 5. The third kappa shape index (κ3) is 3.02. The Labute approximate surface area is 182 Å². The van der Waals surface area contributed by atoms with E-state index in [2.05, 4.69) is 26.4 Å². The Balaban J connectivity index is 1.36. The summed E-state index contributed by atoms with van der Waals surface area (Å²) in [7, 11) is 1.87. The van der Waals surface area contributed by atoms with Crippen molar-refractivity contribution >= 4 is 44.3 Å². The molecule has 0 spiro atoms. The first-order chi connectivity index (χ1) is 15.1. The van der Waals surface area contributed by atoms with Crippen LogP contribution in [-0.2, 0) is 7.05 Å².